The van der Waals surface area contributed by atoms with Crippen LogP contribution < -0.4 is 4.74 Å². The Balaban J connectivity index is 2.91. The molecule has 0 radical (unpaired) electrons. The van der Waals surface area contributed by atoms with Crippen molar-refractivity contribution in [2.75, 3.05) is 7.11 Å². The first-order chi connectivity index (χ1) is 9.35. The lowest BCUT2D eigenvalue weighted by molar-refractivity contribution is -0.161. The molecule has 110 valence electrons. The fourth-order valence-corrected chi connectivity index (χ4v) is 1.67. The fourth-order valence-electron chi connectivity index (χ4n) is 1.67. The van der Waals surface area contributed by atoms with Crippen molar-refractivity contribution >= 4 is 11.9 Å². The van der Waals surface area contributed by atoms with Gasteiger partial charge < -0.3 is 19.7 Å². The Morgan fingerprint density at radius 3 is 2.45 bits per heavy atom. The molecular weight excluding hydrogens is 264 g/mol. The maximum atomic E-state index is 11.7. The van der Waals surface area contributed by atoms with Crippen LogP contribution in [0.2, 0.25) is 0 Å². The number of hydrogen-bond donors (Lipinski definition) is 2. The van der Waals surface area contributed by atoms with Gasteiger partial charge in [-0.2, -0.15) is 0 Å². The maximum Gasteiger partial charge on any atom is 0.320 e. The van der Waals surface area contributed by atoms with Crippen molar-refractivity contribution < 1.29 is 29.3 Å². The van der Waals surface area contributed by atoms with Crippen molar-refractivity contribution in [1.29, 1.82) is 0 Å². The number of carbonyl (C=O) groups excluding carboxylic acids is 1. The largest absolute Gasteiger partial charge is 0.504 e. The minimum absolute atomic E-state index is 0.0302. The van der Waals surface area contributed by atoms with Crippen LogP contribution in [0.15, 0.2) is 18.2 Å². The standard InChI is InChI=1S/C14H18O6/c1-8(2)20-14(18)10(13(16)17)6-9-4-5-11(15)12(7-9)19-3/h4-5,7-8,10,15H,6H2,1-3H3,(H,16,17). The molecule has 2 N–H and O–H groups in total. The van der Waals surface area contributed by atoms with E-state index in [1.54, 1.807) is 13.8 Å². The van der Waals surface area contributed by atoms with Gasteiger partial charge in [-0.3, -0.25) is 9.59 Å². The SMILES string of the molecule is COc1cc(CC(C(=O)O)C(=O)OC(C)C)ccc1O. The van der Waals surface area contributed by atoms with Gasteiger partial charge in [0, 0.05) is 0 Å². The monoisotopic (exact) mass is 282 g/mol. The number of carboxylic acid groups (broad SMARTS) is 1. The van der Waals surface area contributed by atoms with Gasteiger partial charge in [-0.15, -0.1) is 0 Å². The summed E-state index contributed by atoms with van der Waals surface area (Å²) in [6.07, 6.45) is -0.406. The topological polar surface area (TPSA) is 93.1 Å². The van der Waals surface area contributed by atoms with Crippen molar-refractivity contribution in [2.45, 2.75) is 26.4 Å². The Kier molecular flexibility index (Phi) is 5.37. The highest BCUT2D eigenvalue weighted by molar-refractivity contribution is 5.94. The third-order valence-electron chi connectivity index (χ3n) is 2.62. The number of ether oxygens (including phenoxy) is 2. The van der Waals surface area contributed by atoms with E-state index in [-0.39, 0.29) is 24.0 Å². The van der Waals surface area contributed by atoms with E-state index in [0.29, 0.717) is 5.56 Å². The number of carboxylic acids is 1. The van der Waals surface area contributed by atoms with E-state index in [0.717, 1.165) is 0 Å². The van der Waals surface area contributed by atoms with Gasteiger partial charge in [0.05, 0.1) is 13.2 Å². The zero-order valence-electron chi connectivity index (χ0n) is 11.6. The minimum Gasteiger partial charge on any atom is -0.504 e. The van der Waals surface area contributed by atoms with Crippen LogP contribution in [0.3, 0.4) is 0 Å². The molecule has 0 saturated carbocycles. The van der Waals surface area contributed by atoms with Crippen molar-refractivity contribution in [3.05, 3.63) is 23.8 Å². The van der Waals surface area contributed by atoms with Gasteiger partial charge >= 0.3 is 11.9 Å². The van der Waals surface area contributed by atoms with Gasteiger partial charge in [0.15, 0.2) is 17.4 Å². The number of aliphatic carboxylic acids is 1. The van der Waals surface area contributed by atoms with E-state index in [9.17, 15) is 14.7 Å². The zero-order chi connectivity index (χ0) is 15.3. The predicted octanol–water partition coefficient (Wildman–Crippen LogP) is 1.60. The third-order valence-corrected chi connectivity index (χ3v) is 2.62. The fraction of sp³-hybridized carbons (Fsp3) is 0.429. The summed E-state index contributed by atoms with van der Waals surface area (Å²) in [4.78, 5) is 22.9. The second-order valence-corrected chi connectivity index (χ2v) is 4.59. The molecular formula is C14H18O6. The molecule has 1 aromatic carbocycles. The molecule has 0 fully saturated rings. The van der Waals surface area contributed by atoms with Crippen LogP contribution in [-0.2, 0) is 20.7 Å². The summed E-state index contributed by atoms with van der Waals surface area (Å²) in [7, 11) is 1.39. The minimum atomic E-state index is -1.29. The zero-order valence-corrected chi connectivity index (χ0v) is 11.6. The molecule has 1 rings (SSSR count). The van der Waals surface area contributed by atoms with E-state index in [1.165, 1.54) is 25.3 Å². The van der Waals surface area contributed by atoms with Gasteiger partial charge in [0.2, 0.25) is 0 Å². The summed E-state index contributed by atoms with van der Waals surface area (Å²) in [5.41, 5.74) is 0.563. The smallest absolute Gasteiger partial charge is 0.320 e. The summed E-state index contributed by atoms with van der Waals surface area (Å²) in [6.45, 7) is 3.31. The summed E-state index contributed by atoms with van der Waals surface area (Å²) in [5.74, 6) is -3.13. The van der Waals surface area contributed by atoms with Gasteiger partial charge in [0.25, 0.3) is 0 Å². The summed E-state index contributed by atoms with van der Waals surface area (Å²) >= 11 is 0. The lowest BCUT2D eigenvalue weighted by Crippen LogP contribution is -2.29. The molecule has 0 spiro atoms. The quantitative estimate of drug-likeness (QED) is 0.608. The van der Waals surface area contributed by atoms with Gasteiger partial charge in [-0.25, -0.2) is 0 Å². The first-order valence-electron chi connectivity index (χ1n) is 6.14. The van der Waals surface area contributed by atoms with Crippen LogP contribution in [0.25, 0.3) is 0 Å². The Labute approximate surface area is 116 Å². The Bertz CT molecular complexity index is 494. The molecule has 0 aliphatic carbocycles. The number of phenols is 1. The molecule has 0 amide bonds. The molecule has 0 bridgehead atoms. The Hall–Kier alpha value is -2.24. The van der Waals surface area contributed by atoms with Crippen LogP contribution in [0.1, 0.15) is 19.4 Å². The summed E-state index contributed by atoms with van der Waals surface area (Å²) < 4.78 is 9.86. The van der Waals surface area contributed by atoms with E-state index in [4.69, 9.17) is 14.6 Å². The lowest BCUT2D eigenvalue weighted by Gasteiger charge is -2.15. The average molecular weight is 282 g/mol. The van der Waals surface area contributed by atoms with Crippen LogP contribution in [-0.4, -0.2) is 35.4 Å². The number of hydrogen-bond acceptors (Lipinski definition) is 5. The number of phenolic OH excluding ortho intramolecular Hbond substituents is 1. The average Bonchev–Trinajstić information content (AvgIpc) is 2.36. The van der Waals surface area contributed by atoms with Crippen LogP contribution in [0, 0.1) is 5.92 Å². The van der Waals surface area contributed by atoms with Crippen LogP contribution in [0.4, 0.5) is 0 Å². The molecule has 1 aromatic rings. The number of methoxy groups -OCH3 is 1. The molecule has 6 heteroatoms. The van der Waals surface area contributed by atoms with Gasteiger partial charge in [-0.1, -0.05) is 6.07 Å². The number of rotatable bonds is 6. The van der Waals surface area contributed by atoms with Crippen molar-refractivity contribution in [2.24, 2.45) is 5.92 Å². The van der Waals surface area contributed by atoms with E-state index in [1.807, 2.05) is 0 Å². The highest BCUT2D eigenvalue weighted by atomic mass is 16.5. The van der Waals surface area contributed by atoms with E-state index in [2.05, 4.69) is 0 Å². The molecule has 0 heterocycles. The summed E-state index contributed by atoms with van der Waals surface area (Å²) in [5, 5.41) is 18.6. The molecule has 0 aromatic heterocycles. The van der Waals surface area contributed by atoms with Gasteiger partial charge in [-0.05, 0) is 38.0 Å². The number of aromatic hydroxyl groups is 1. The lowest BCUT2D eigenvalue weighted by atomic mass is 9.99. The number of carbonyl (C=O) groups is 2. The molecule has 0 aliphatic heterocycles. The molecule has 20 heavy (non-hydrogen) atoms. The highest BCUT2D eigenvalue weighted by Crippen LogP contribution is 2.27. The second kappa shape index (κ2) is 6.79. The molecule has 0 aliphatic rings. The van der Waals surface area contributed by atoms with Crippen LogP contribution in [0.5, 0.6) is 11.5 Å². The van der Waals surface area contributed by atoms with E-state index < -0.39 is 17.9 Å². The Morgan fingerprint density at radius 2 is 1.95 bits per heavy atom. The highest BCUT2D eigenvalue weighted by Gasteiger charge is 2.29. The second-order valence-electron chi connectivity index (χ2n) is 4.59. The molecule has 6 nitrogen and oxygen atoms in total. The summed E-state index contributed by atoms with van der Waals surface area (Å²) in [6, 6.07) is 4.42. The van der Waals surface area contributed by atoms with Crippen molar-refractivity contribution in [1.82, 2.24) is 0 Å². The van der Waals surface area contributed by atoms with Gasteiger partial charge in [0.1, 0.15) is 0 Å². The molecule has 1 unspecified atom stereocenters. The first-order valence-corrected chi connectivity index (χ1v) is 6.14. The number of esters is 1. The first kappa shape index (κ1) is 15.8. The van der Waals surface area contributed by atoms with Crippen molar-refractivity contribution in [3.8, 4) is 11.5 Å². The molecule has 0 saturated heterocycles. The third kappa shape index (κ3) is 4.15. The normalized spacial score (nSPS) is 12.0. The predicted molar refractivity (Wildman–Crippen MR) is 70.7 cm³/mol. The number of benzene rings is 1. The van der Waals surface area contributed by atoms with Crippen LogP contribution >= 0.6 is 0 Å². The van der Waals surface area contributed by atoms with E-state index >= 15 is 0 Å². The molecule has 1 atom stereocenters. The maximum absolute atomic E-state index is 11.7. The Morgan fingerprint density at radius 1 is 1.30 bits per heavy atom. The van der Waals surface area contributed by atoms with Crippen molar-refractivity contribution in [3.63, 3.8) is 0 Å².